The SMILES string of the molecule is CC(C)CCCCCCOC(=O)C1CCC(C(=O)OC(C)(C)C)CC1. The Morgan fingerprint density at radius 3 is 1.92 bits per heavy atom. The van der Waals surface area contributed by atoms with E-state index in [9.17, 15) is 9.59 Å². The van der Waals surface area contributed by atoms with Crippen molar-refractivity contribution in [3.8, 4) is 0 Å². The van der Waals surface area contributed by atoms with Crippen molar-refractivity contribution in [1.29, 1.82) is 0 Å². The van der Waals surface area contributed by atoms with Gasteiger partial charge in [0.1, 0.15) is 5.60 Å². The van der Waals surface area contributed by atoms with Gasteiger partial charge in [-0.15, -0.1) is 0 Å². The van der Waals surface area contributed by atoms with Crippen LogP contribution in [0.2, 0.25) is 0 Å². The minimum Gasteiger partial charge on any atom is -0.465 e. The van der Waals surface area contributed by atoms with Gasteiger partial charge in [-0.2, -0.15) is 0 Å². The molecule has 4 heteroatoms. The molecule has 25 heavy (non-hydrogen) atoms. The van der Waals surface area contributed by atoms with E-state index in [0.29, 0.717) is 6.61 Å². The van der Waals surface area contributed by atoms with Crippen molar-refractivity contribution in [3.05, 3.63) is 0 Å². The summed E-state index contributed by atoms with van der Waals surface area (Å²) in [5, 5.41) is 0. The molecule has 4 nitrogen and oxygen atoms in total. The monoisotopic (exact) mass is 354 g/mol. The second kappa shape index (κ2) is 10.8. The number of hydrogen-bond acceptors (Lipinski definition) is 4. The molecule has 146 valence electrons. The average Bonchev–Trinajstić information content (AvgIpc) is 2.52. The van der Waals surface area contributed by atoms with Gasteiger partial charge < -0.3 is 9.47 Å². The van der Waals surface area contributed by atoms with E-state index in [0.717, 1.165) is 44.4 Å². The molecule has 0 spiro atoms. The van der Waals surface area contributed by atoms with E-state index in [2.05, 4.69) is 13.8 Å². The van der Waals surface area contributed by atoms with Gasteiger partial charge in [0.2, 0.25) is 0 Å². The molecule has 0 atom stereocenters. The molecular weight excluding hydrogens is 316 g/mol. The molecule has 0 radical (unpaired) electrons. The highest BCUT2D eigenvalue weighted by atomic mass is 16.6. The van der Waals surface area contributed by atoms with Crippen LogP contribution in [-0.4, -0.2) is 24.1 Å². The van der Waals surface area contributed by atoms with Crippen LogP contribution in [0.5, 0.6) is 0 Å². The first-order valence-corrected chi connectivity index (χ1v) is 10.1. The van der Waals surface area contributed by atoms with Gasteiger partial charge in [0, 0.05) is 0 Å². The Labute approximate surface area is 154 Å². The lowest BCUT2D eigenvalue weighted by Crippen LogP contribution is -2.32. The number of carbonyl (C=O) groups is 2. The van der Waals surface area contributed by atoms with Crippen LogP contribution >= 0.6 is 0 Å². The zero-order chi connectivity index (χ0) is 18.9. The quantitative estimate of drug-likeness (QED) is 0.417. The summed E-state index contributed by atoms with van der Waals surface area (Å²) in [5.74, 6) is 0.461. The highest BCUT2D eigenvalue weighted by molar-refractivity contribution is 5.75. The molecule has 0 bridgehead atoms. The van der Waals surface area contributed by atoms with Crippen molar-refractivity contribution in [2.75, 3.05) is 6.61 Å². The third kappa shape index (κ3) is 9.86. The molecule has 0 amide bonds. The minimum absolute atomic E-state index is 0.0420. The summed E-state index contributed by atoms with van der Waals surface area (Å²) < 4.78 is 10.9. The van der Waals surface area contributed by atoms with Crippen molar-refractivity contribution in [2.24, 2.45) is 17.8 Å². The maximum Gasteiger partial charge on any atom is 0.309 e. The molecule has 1 saturated carbocycles. The molecule has 0 aromatic heterocycles. The highest BCUT2D eigenvalue weighted by Crippen LogP contribution is 2.31. The Morgan fingerprint density at radius 2 is 1.40 bits per heavy atom. The standard InChI is InChI=1S/C21H38O4/c1-16(2)10-8-6-7-9-15-24-19(22)17-11-13-18(14-12-17)20(23)25-21(3,4)5/h16-18H,6-15H2,1-5H3. The van der Waals surface area contributed by atoms with Crippen molar-refractivity contribution >= 4 is 11.9 Å². The summed E-state index contributed by atoms with van der Waals surface area (Å²) in [5.41, 5.74) is -0.442. The van der Waals surface area contributed by atoms with Gasteiger partial charge in [-0.05, 0) is 58.8 Å². The first-order valence-electron chi connectivity index (χ1n) is 10.1. The highest BCUT2D eigenvalue weighted by Gasteiger charge is 2.33. The molecule has 0 heterocycles. The van der Waals surface area contributed by atoms with Crippen molar-refractivity contribution in [3.63, 3.8) is 0 Å². The summed E-state index contributed by atoms with van der Waals surface area (Å²) >= 11 is 0. The van der Waals surface area contributed by atoms with Crippen LogP contribution in [0.4, 0.5) is 0 Å². The molecule has 1 fully saturated rings. The van der Waals surface area contributed by atoms with E-state index in [1.165, 1.54) is 19.3 Å². The third-order valence-corrected chi connectivity index (χ3v) is 4.72. The summed E-state index contributed by atoms with van der Waals surface area (Å²) in [7, 11) is 0. The molecule has 1 aliphatic carbocycles. The molecule has 1 aliphatic rings. The zero-order valence-corrected chi connectivity index (χ0v) is 16.9. The van der Waals surface area contributed by atoms with Gasteiger partial charge in [0.25, 0.3) is 0 Å². The summed E-state index contributed by atoms with van der Waals surface area (Å²) in [6.07, 6.45) is 8.77. The Hall–Kier alpha value is -1.06. The lowest BCUT2D eigenvalue weighted by atomic mass is 9.82. The van der Waals surface area contributed by atoms with Crippen LogP contribution in [0, 0.1) is 17.8 Å². The van der Waals surface area contributed by atoms with Gasteiger partial charge in [0.05, 0.1) is 18.4 Å². The maximum atomic E-state index is 12.1. The predicted octanol–water partition coefficient (Wildman–Crippen LogP) is 5.28. The molecule has 0 saturated heterocycles. The fraction of sp³-hybridized carbons (Fsp3) is 0.905. The number of rotatable bonds is 9. The number of ether oxygens (including phenoxy) is 2. The van der Waals surface area contributed by atoms with Crippen LogP contribution in [0.15, 0.2) is 0 Å². The summed E-state index contributed by atoms with van der Waals surface area (Å²) in [4.78, 5) is 24.2. The van der Waals surface area contributed by atoms with Crippen molar-refractivity contribution in [1.82, 2.24) is 0 Å². The largest absolute Gasteiger partial charge is 0.465 e. The predicted molar refractivity (Wildman–Crippen MR) is 100 cm³/mol. The number of unbranched alkanes of at least 4 members (excludes halogenated alkanes) is 3. The van der Waals surface area contributed by atoms with Gasteiger partial charge in [0.15, 0.2) is 0 Å². The molecule has 0 aromatic rings. The first kappa shape index (κ1) is 22.0. The van der Waals surface area contributed by atoms with Gasteiger partial charge >= 0.3 is 11.9 Å². The van der Waals surface area contributed by atoms with Gasteiger partial charge in [-0.3, -0.25) is 9.59 Å². The number of hydrogen-bond donors (Lipinski definition) is 0. The van der Waals surface area contributed by atoms with E-state index in [1.54, 1.807) is 0 Å². The average molecular weight is 355 g/mol. The Balaban J connectivity index is 2.14. The fourth-order valence-electron chi connectivity index (χ4n) is 3.25. The van der Waals surface area contributed by atoms with E-state index < -0.39 is 5.60 Å². The molecular formula is C21H38O4. The summed E-state index contributed by atoms with van der Waals surface area (Å²) in [6, 6.07) is 0. The molecule has 1 rings (SSSR count). The number of carbonyl (C=O) groups excluding carboxylic acids is 2. The van der Waals surface area contributed by atoms with E-state index in [1.807, 2.05) is 20.8 Å². The second-order valence-electron chi connectivity index (χ2n) is 8.85. The Bertz CT molecular complexity index is 401. The van der Waals surface area contributed by atoms with Gasteiger partial charge in [-0.25, -0.2) is 0 Å². The molecule has 0 aromatic carbocycles. The van der Waals surface area contributed by atoms with E-state index >= 15 is 0 Å². The van der Waals surface area contributed by atoms with Crippen molar-refractivity contribution < 1.29 is 19.1 Å². The zero-order valence-electron chi connectivity index (χ0n) is 16.9. The minimum atomic E-state index is -0.442. The fourth-order valence-corrected chi connectivity index (χ4v) is 3.25. The number of esters is 2. The molecule has 0 unspecified atom stereocenters. The van der Waals surface area contributed by atoms with Crippen LogP contribution in [0.25, 0.3) is 0 Å². The summed E-state index contributed by atoms with van der Waals surface area (Å²) in [6.45, 7) is 10.7. The topological polar surface area (TPSA) is 52.6 Å². The third-order valence-electron chi connectivity index (χ3n) is 4.72. The smallest absolute Gasteiger partial charge is 0.309 e. The van der Waals surface area contributed by atoms with Gasteiger partial charge in [-0.1, -0.05) is 39.5 Å². The second-order valence-corrected chi connectivity index (χ2v) is 8.85. The van der Waals surface area contributed by atoms with Crippen LogP contribution in [0.1, 0.15) is 92.4 Å². The molecule has 0 aliphatic heterocycles. The maximum absolute atomic E-state index is 12.1. The Kier molecular flexibility index (Phi) is 9.52. The normalized spacial score (nSPS) is 21.2. The molecule has 0 N–H and O–H groups in total. The van der Waals surface area contributed by atoms with E-state index in [-0.39, 0.29) is 23.8 Å². The van der Waals surface area contributed by atoms with Crippen LogP contribution < -0.4 is 0 Å². The van der Waals surface area contributed by atoms with Crippen LogP contribution in [0.3, 0.4) is 0 Å². The van der Waals surface area contributed by atoms with Crippen molar-refractivity contribution in [2.45, 2.75) is 98.0 Å². The first-order chi connectivity index (χ1) is 11.7. The Morgan fingerprint density at radius 1 is 0.880 bits per heavy atom. The van der Waals surface area contributed by atoms with E-state index in [4.69, 9.17) is 9.47 Å². The lowest BCUT2D eigenvalue weighted by molar-refractivity contribution is -0.163. The lowest BCUT2D eigenvalue weighted by Gasteiger charge is -2.28. The van der Waals surface area contributed by atoms with Crippen LogP contribution in [-0.2, 0) is 19.1 Å².